The van der Waals surface area contributed by atoms with Crippen LogP contribution in [0.25, 0.3) is 0 Å². The van der Waals surface area contributed by atoms with Gasteiger partial charge in [-0.2, -0.15) is 0 Å². The summed E-state index contributed by atoms with van der Waals surface area (Å²) in [5.74, 6) is 0.00456. The lowest BCUT2D eigenvalue weighted by Crippen LogP contribution is -2.42. The van der Waals surface area contributed by atoms with Gasteiger partial charge in [-0.3, -0.25) is 4.79 Å². The first-order valence-corrected chi connectivity index (χ1v) is 7.30. The molecule has 1 rings (SSSR count). The largest absolute Gasteiger partial charge is 0.396 e. The number of likely N-dealkylation sites (N-methyl/N-ethyl adjacent to an activating group) is 1. The van der Waals surface area contributed by atoms with Crippen LogP contribution in [-0.2, 0) is 11.2 Å². The van der Waals surface area contributed by atoms with Crippen LogP contribution >= 0.6 is 0 Å². The highest BCUT2D eigenvalue weighted by Gasteiger charge is 2.17. The average molecular weight is 278 g/mol. The number of rotatable bonds is 9. The van der Waals surface area contributed by atoms with Gasteiger partial charge in [0.15, 0.2) is 0 Å². The molecular formula is C16H26N2O2. The predicted molar refractivity (Wildman–Crippen MR) is 81.3 cm³/mol. The quantitative estimate of drug-likeness (QED) is 0.674. The van der Waals surface area contributed by atoms with Gasteiger partial charge in [-0.05, 0) is 37.7 Å². The lowest BCUT2D eigenvalue weighted by Gasteiger charge is -2.21. The van der Waals surface area contributed by atoms with Crippen LogP contribution in [0.4, 0.5) is 0 Å². The molecule has 0 saturated carbocycles. The van der Waals surface area contributed by atoms with Gasteiger partial charge in [-0.1, -0.05) is 30.3 Å². The summed E-state index contributed by atoms with van der Waals surface area (Å²) in [4.78, 5) is 13.8. The van der Waals surface area contributed by atoms with Crippen molar-refractivity contribution < 1.29 is 9.90 Å². The van der Waals surface area contributed by atoms with E-state index < -0.39 is 6.04 Å². The Morgan fingerprint density at radius 1 is 1.25 bits per heavy atom. The summed E-state index contributed by atoms with van der Waals surface area (Å²) in [5.41, 5.74) is 7.17. The molecule has 1 atom stereocenters. The molecule has 112 valence electrons. The first-order valence-electron chi connectivity index (χ1n) is 7.30. The zero-order chi connectivity index (χ0) is 14.8. The van der Waals surface area contributed by atoms with Crippen molar-refractivity contribution in [1.82, 2.24) is 4.90 Å². The number of aliphatic hydroxyl groups is 1. The van der Waals surface area contributed by atoms with Crippen LogP contribution in [0.5, 0.6) is 0 Å². The third kappa shape index (κ3) is 6.17. The number of aliphatic hydroxyl groups excluding tert-OH is 1. The van der Waals surface area contributed by atoms with Gasteiger partial charge >= 0.3 is 0 Å². The molecule has 0 fully saturated rings. The fourth-order valence-corrected chi connectivity index (χ4v) is 2.12. The van der Waals surface area contributed by atoms with E-state index in [0.717, 1.165) is 25.7 Å². The van der Waals surface area contributed by atoms with Gasteiger partial charge in [0.05, 0.1) is 6.04 Å². The molecule has 1 unspecified atom stereocenters. The van der Waals surface area contributed by atoms with Crippen molar-refractivity contribution in [2.24, 2.45) is 5.73 Å². The molecule has 3 N–H and O–H groups in total. The highest BCUT2D eigenvalue weighted by molar-refractivity contribution is 5.81. The minimum absolute atomic E-state index is 0.00456. The maximum Gasteiger partial charge on any atom is 0.239 e. The Morgan fingerprint density at radius 2 is 1.95 bits per heavy atom. The Labute approximate surface area is 121 Å². The van der Waals surface area contributed by atoms with Crippen LogP contribution in [-0.4, -0.2) is 42.2 Å². The van der Waals surface area contributed by atoms with E-state index in [1.54, 1.807) is 11.9 Å². The molecule has 1 aromatic carbocycles. The first kappa shape index (κ1) is 16.7. The summed E-state index contributed by atoms with van der Waals surface area (Å²) in [6.45, 7) is 0.923. The molecule has 0 saturated heterocycles. The maximum absolute atomic E-state index is 12.1. The van der Waals surface area contributed by atoms with Gasteiger partial charge in [-0.25, -0.2) is 0 Å². The molecule has 1 amide bonds. The zero-order valence-corrected chi connectivity index (χ0v) is 12.3. The fourth-order valence-electron chi connectivity index (χ4n) is 2.12. The Bertz CT molecular complexity index is 381. The van der Waals surface area contributed by atoms with Crippen LogP contribution in [0.1, 0.15) is 31.2 Å². The standard InChI is InChI=1S/C16H26N2O2/c1-18(12-6-3-7-13-19)16(20)15(17)11-10-14-8-4-2-5-9-14/h2,4-5,8-9,15,19H,3,6-7,10-13,17H2,1H3. The first-order chi connectivity index (χ1) is 9.65. The smallest absolute Gasteiger partial charge is 0.239 e. The number of nitrogens with two attached hydrogens (primary N) is 1. The number of hydrogen-bond donors (Lipinski definition) is 2. The number of carbonyl (C=O) groups is 1. The second-order valence-electron chi connectivity index (χ2n) is 5.17. The molecular weight excluding hydrogens is 252 g/mol. The van der Waals surface area contributed by atoms with Crippen molar-refractivity contribution >= 4 is 5.91 Å². The third-order valence-corrected chi connectivity index (χ3v) is 3.43. The van der Waals surface area contributed by atoms with E-state index in [1.165, 1.54) is 5.56 Å². The van der Waals surface area contributed by atoms with Crippen molar-refractivity contribution in [3.8, 4) is 0 Å². The van der Waals surface area contributed by atoms with Crippen molar-refractivity contribution in [1.29, 1.82) is 0 Å². The molecule has 0 aliphatic carbocycles. The Kier molecular flexibility index (Phi) is 7.92. The highest BCUT2D eigenvalue weighted by Crippen LogP contribution is 2.06. The van der Waals surface area contributed by atoms with E-state index >= 15 is 0 Å². The average Bonchev–Trinajstić information content (AvgIpc) is 2.49. The number of hydrogen-bond acceptors (Lipinski definition) is 3. The van der Waals surface area contributed by atoms with Crippen LogP contribution in [0.15, 0.2) is 30.3 Å². The molecule has 0 aromatic heterocycles. The van der Waals surface area contributed by atoms with Gasteiger partial charge in [0.2, 0.25) is 5.91 Å². The van der Waals surface area contributed by atoms with Crippen molar-refractivity contribution in [2.45, 2.75) is 38.1 Å². The number of unbranched alkanes of at least 4 members (excludes halogenated alkanes) is 2. The van der Waals surface area contributed by atoms with Gasteiger partial charge < -0.3 is 15.7 Å². The number of benzene rings is 1. The second-order valence-corrected chi connectivity index (χ2v) is 5.17. The number of nitrogens with zero attached hydrogens (tertiary/aromatic N) is 1. The van der Waals surface area contributed by atoms with Gasteiger partial charge in [0.1, 0.15) is 0 Å². The van der Waals surface area contributed by atoms with Crippen LogP contribution in [0, 0.1) is 0 Å². The van der Waals surface area contributed by atoms with E-state index in [-0.39, 0.29) is 12.5 Å². The Morgan fingerprint density at radius 3 is 2.60 bits per heavy atom. The van der Waals surface area contributed by atoms with Crippen LogP contribution in [0.3, 0.4) is 0 Å². The molecule has 20 heavy (non-hydrogen) atoms. The number of carbonyl (C=O) groups excluding carboxylic acids is 1. The molecule has 0 bridgehead atoms. The molecule has 0 aliphatic rings. The third-order valence-electron chi connectivity index (χ3n) is 3.43. The molecule has 0 radical (unpaired) electrons. The van der Waals surface area contributed by atoms with Gasteiger partial charge in [0.25, 0.3) is 0 Å². The highest BCUT2D eigenvalue weighted by atomic mass is 16.2. The summed E-state index contributed by atoms with van der Waals surface area (Å²) in [6, 6.07) is 9.64. The summed E-state index contributed by atoms with van der Waals surface area (Å²) >= 11 is 0. The molecule has 0 aliphatic heterocycles. The van der Waals surface area contributed by atoms with Crippen molar-refractivity contribution in [3.05, 3.63) is 35.9 Å². The second kappa shape index (κ2) is 9.50. The summed E-state index contributed by atoms with van der Waals surface area (Å²) in [6.07, 6.45) is 4.14. The van der Waals surface area contributed by atoms with E-state index in [1.807, 2.05) is 18.2 Å². The van der Waals surface area contributed by atoms with E-state index in [0.29, 0.717) is 13.0 Å². The minimum atomic E-state index is -0.432. The van der Waals surface area contributed by atoms with Crippen LogP contribution < -0.4 is 5.73 Å². The van der Waals surface area contributed by atoms with E-state index in [4.69, 9.17) is 10.8 Å². The van der Waals surface area contributed by atoms with Crippen LogP contribution in [0.2, 0.25) is 0 Å². The lowest BCUT2D eigenvalue weighted by atomic mass is 10.0. The van der Waals surface area contributed by atoms with Gasteiger partial charge in [-0.15, -0.1) is 0 Å². The molecule has 1 aromatic rings. The molecule has 0 spiro atoms. The lowest BCUT2D eigenvalue weighted by molar-refractivity contribution is -0.131. The van der Waals surface area contributed by atoms with E-state index in [2.05, 4.69) is 12.1 Å². The Balaban J connectivity index is 2.27. The monoisotopic (exact) mass is 278 g/mol. The molecule has 0 heterocycles. The predicted octanol–water partition coefficient (Wildman–Crippen LogP) is 1.57. The number of aryl methyl sites for hydroxylation is 1. The van der Waals surface area contributed by atoms with Gasteiger partial charge in [0, 0.05) is 20.2 Å². The summed E-state index contributed by atoms with van der Waals surface area (Å²) < 4.78 is 0. The summed E-state index contributed by atoms with van der Waals surface area (Å²) in [5, 5.41) is 8.71. The SMILES string of the molecule is CN(CCCCCO)C(=O)C(N)CCc1ccccc1. The summed E-state index contributed by atoms with van der Waals surface area (Å²) in [7, 11) is 1.80. The number of amides is 1. The van der Waals surface area contributed by atoms with Crippen molar-refractivity contribution in [2.75, 3.05) is 20.2 Å². The zero-order valence-electron chi connectivity index (χ0n) is 12.3. The maximum atomic E-state index is 12.1. The molecule has 4 nitrogen and oxygen atoms in total. The van der Waals surface area contributed by atoms with E-state index in [9.17, 15) is 4.79 Å². The topological polar surface area (TPSA) is 66.6 Å². The Hall–Kier alpha value is -1.39. The van der Waals surface area contributed by atoms with Crippen molar-refractivity contribution in [3.63, 3.8) is 0 Å². The minimum Gasteiger partial charge on any atom is -0.396 e. The fraction of sp³-hybridized carbons (Fsp3) is 0.562. The molecule has 4 heteroatoms. The normalized spacial score (nSPS) is 12.2.